The molecule has 0 radical (unpaired) electrons. The summed E-state index contributed by atoms with van der Waals surface area (Å²) in [5.74, 6) is -0.160. The van der Waals surface area contributed by atoms with Gasteiger partial charge in [-0.2, -0.15) is 8.42 Å². The topological polar surface area (TPSA) is 79.0 Å². The molecule has 7 nitrogen and oxygen atoms in total. The molecule has 2 aromatic carbocycles. The van der Waals surface area contributed by atoms with Gasteiger partial charge in [0.05, 0.1) is 0 Å². The van der Waals surface area contributed by atoms with Gasteiger partial charge in [-0.25, -0.2) is 4.79 Å². The Balaban J connectivity index is 1.47. The monoisotopic (exact) mass is 421 g/mol. The molecule has 1 heterocycles. The van der Waals surface area contributed by atoms with Crippen molar-refractivity contribution in [1.82, 2.24) is 9.80 Å². The summed E-state index contributed by atoms with van der Waals surface area (Å²) in [6.45, 7) is 2.22. The number of nitrogens with zero attached hydrogens (tertiary/aromatic N) is 2. The van der Waals surface area contributed by atoms with E-state index >= 15 is 0 Å². The van der Waals surface area contributed by atoms with Crippen LogP contribution in [0.5, 0.6) is 5.75 Å². The van der Waals surface area contributed by atoms with Gasteiger partial charge >= 0.3 is 16.5 Å². The summed E-state index contributed by atoms with van der Waals surface area (Å²) in [6.07, 6.45) is 1.86. The molecule has 3 rings (SSSR count). The maximum absolute atomic E-state index is 12.5. The lowest BCUT2D eigenvalue weighted by molar-refractivity contribution is 0.211. The van der Waals surface area contributed by atoms with Crippen molar-refractivity contribution in [3.8, 4) is 5.75 Å². The summed E-state index contributed by atoms with van der Waals surface area (Å²) < 4.78 is 37.6. The lowest BCUT2D eigenvalue weighted by Crippen LogP contribution is -2.39. The van der Waals surface area contributed by atoms with Gasteiger partial charge < -0.3 is 19.3 Å². The van der Waals surface area contributed by atoms with Crippen molar-refractivity contribution in [2.24, 2.45) is 0 Å². The van der Waals surface area contributed by atoms with Gasteiger partial charge in [0, 0.05) is 31.4 Å². The maximum Gasteiger partial charge on any atom is 0.488 e. The minimum Gasteiger partial charge on any atom is -0.358 e. The molecule has 1 atom stereocenters. The van der Waals surface area contributed by atoms with E-state index in [1.54, 1.807) is 4.90 Å². The average Bonchev–Trinajstić information content (AvgIpc) is 3.18. The van der Waals surface area contributed by atoms with E-state index < -0.39 is 10.5 Å². The van der Waals surface area contributed by atoms with E-state index in [1.807, 2.05) is 18.2 Å². The fourth-order valence-corrected chi connectivity index (χ4v) is 3.67. The fraction of sp³-hybridized carbons (Fsp3) is 0.350. The molecule has 9 heteroatoms. The largest absolute Gasteiger partial charge is 0.488 e. The number of hydrogen-bond donors (Lipinski definition) is 1. The predicted octanol–water partition coefficient (Wildman–Crippen LogP) is 3.06. The summed E-state index contributed by atoms with van der Waals surface area (Å²) in [5.41, 5.74) is 1.76. The third kappa shape index (κ3) is 6.43. The van der Waals surface area contributed by atoms with Crippen LogP contribution in [0.1, 0.15) is 12.0 Å². The molecule has 0 aromatic heterocycles. The molecule has 1 saturated heterocycles. The number of hydrogen-bond acceptors (Lipinski definition) is 5. The molecule has 29 heavy (non-hydrogen) atoms. The minimum absolute atomic E-state index is 0.160. The predicted molar refractivity (Wildman–Crippen MR) is 109 cm³/mol. The number of amides is 2. The molecule has 2 amide bonds. The summed E-state index contributed by atoms with van der Waals surface area (Å²) in [7, 11) is -2.99. The number of carbonyl (C=O) groups is 1. The standard InChI is InChI=1S/C20H24FN3O4S/c1-23(13-11-16-5-3-2-4-6-16)18-12-14-24(15-18)20(25)22-17-7-9-19(10-8-17)28-29(21,26)27/h2-10,18H,11-15H2,1H3,(H,22,25). The third-order valence-corrected chi connectivity index (χ3v) is 5.36. The number of nitrogens with one attached hydrogen (secondary N) is 1. The first-order chi connectivity index (χ1) is 13.8. The van der Waals surface area contributed by atoms with Crippen molar-refractivity contribution in [2.75, 3.05) is 32.0 Å². The molecule has 0 saturated carbocycles. The number of rotatable bonds is 7. The van der Waals surface area contributed by atoms with Crippen LogP contribution in [-0.4, -0.2) is 57.0 Å². The van der Waals surface area contributed by atoms with Crippen LogP contribution in [0.15, 0.2) is 54.6 Å². The second kappa shape index (κ2) is 9.23. The Morgan fingerprint density at radius 1 is 1.21 bits per heavy atom. The second-order valence-corrected chi connectivity index (χ2v) is 7.99. The highest BCUT2D eigenvalue weighted by Gasteiger charge is 2.28. The van der Waals surface area contributed by atoms with Gasteiger partial charge in [-0.15, -0.1) is 0 Å². The summed E-state index contributed by atoms with van der Waals surface area (Å²) in [6, 6.07) is 15.8. The Kier molecular flexibility index (Phi) is 6.71. The van der Waals surface area contributed by atoms with Gasteiger partial charge in [0.1, 0.15) is 5.75 Å². The molecule has 1 fully saturated rings. The molecule has 0 bridgehead atoms. The summed E-state index contributed by atoms with van der Waals surface area (Å²) in [5, 5.41) is 2.76. The van der Waals surface area contributed by atoms with E-state index in [0.717, 1.165) is 19.4 Å². The zero-order valence-electron chi connectivity index (χ0n) is 16.1. The van der Waals surface area contributed by atoms with E-state index in [4.69, 9.17) is 0 Å². The molecule has 0 spiro atoms. The van der Waals surface area contributed by atoms with Crippen LogP contribution in [0, 0.1) is 0 Å². The minimum atomic E-state index is -5.06. The van der Waals surface area contributed by atoms with E-state index in [1.165, 1.54) is 29.8 Å². The number of halogens is 1. The summed E-state index contributed by atoms with van der Waals surface area (Å²) >= 11 is 0. The molecular formula is C20H24FN3O4S. The lowest BCUT2D eigenvalue weighted by atomic mass is 10.1. The van der Waals surface area contributed by atoms with Gasteiger partial charge in [-0.1, -0.05) is 34.2 Å². The Bertz CT molecular complexity index is 923. The quantitative estimate of drug-likeness (QED) is 0.695. The third-order valence-electron chi connectivity index (χ3n) is 4.97. The molecule has 1 unspecified atom stereocenters. The Hall–Kier alpha value is -2.65. The van der Waals surface area contributed by atoms with Crippen LogP contribution in [0.4, 0.5) is 14.4 Å². The molecule has 1 aliphatic heterocycles. The molecule has 1 N–H and O–H groups in total. The van der Waals surface area contributed by atoms with Crippen LogP contribution < -0.4 is 9.50 Å². The van der Waals surface area contributed by atoms with Crippen LogP contribution in [-0.2, 0) is 16.9 Å². The van der Waals surface area contributed by atoms with Crippen LogP contribution in [0.3, 0.4) is 0 Å². The van der Waals surface area contributed by atoms with Crippen molar-refractivity contribution < 1.29 is 21.3 Å². The maximum atomic E-state index is 12.5. The average molecular weight is 421 g/mol. The van der Waals surface area contributed by atoms with E-state index in [-0.39, 0.29) is 11.8 Å². The normalized spacial score (nSPS) is 16.8. The van der Waals surface area contributed by atoms with E-state index in [0.29, 0.717) is 24.8 Å². The number of likely N-dealkylation sites (N-methyl/N-ethyl adjacent to an activating group) is 1. The van der Waals surface area contributed by atoms with Crippen molar-refractivity contribution in [3.05, 3.63) is 60.2 Å². The number of likely N-dealkylation sites (tertiary alicyclic amines) is 1. The Morgan fingerprint density at radius 2 is 1.90 bits per heavy atom. The zero-order valence-corrected chi connectivity index (χ0v) is 16.9. The SMILES string of the molecule is CN(CCc1ccccc1)C1CCN(C(=O)Nc2ccc(OS(=O)(=O)F)cc2)C1. The van der Waals surface area contributed by atoms with E-state index in [2.05, 4.69) is 33.6 Å². The smallest absolute Gasteiger partial charge is 0.358 e. The first kappa shape index (κ1) is 21.1. The Morgan fingerprint density at radius 3 is 2.55 bits per heavy atom. The van der Waals surface area contributed by atoms with Crippen LogP contribution in [0.2, 0.25) is 0 Å². The molecule has 1 aliphatic rings. The number of carbonyl (C=O) groups excluding carboxylic acids is 1. The van der Waals surface area contributed by atoms with Gasteiger partial charge in [0.25, 0.3) is 0 Å². The van der Waals surface area contributed by atoms with E-state index in [9.17, 15) is 17.1 Å². The van der Waals surface area contributed by atoms with Crippen molar-refractivity contribution in [1.29, 1.82) is 0 Å². The van der Waals surface area contributed by atoms with Crippen molar-refractivity contribution >= 4 is 22.2 Å². The molecule has 2 aromatic rings. The highest BCUT2D eigenvalue weighted by molar-refractivity contribution is 7.81. The van der Waals surface area contributed by atoms with Crippen LogP contribution >= 0.6 is 0 Å². The molecule has 156 valence electrons. The number of urea groups is 1. The molecular weight excluding hydrogens is 397 g/mol. The highest BCUT2D eigenvalue weighted by Crippen LogP contribution is 2.20. The van der Waals surface area contributed by atoms with Crippen LogP contribution in [0.25, 0.3) is 0 Å². The summed E-state index contributed by atoms with van der Waals surface area (Å²) in [4.78, 5) is 16.5. The number of anilines is 1. The molecule has 0 aliphatic carbocycles. The number of benzene rings is 2. The van der Waals surface area contributed by atoms with Gasteiger partial charge in [0.2, 0.25) is 0 Å². The van der Waals surface area contributed by atoms with Crippen molar-refractivity contribution in [2.45, 2.75) is 18.9 Å². The highest BCUT2D eigenvalue weighted by atomic mass is 32.3. The van der Waals surface area contributed by atoms with Gasteiger partial charge in [-0.05, 0) is 49.7 Å². The Labute approximate surface area is 170 Å². The van der Waals surface area contributed by atoms with Gasteiger partial charge in [0.15, 0.2) is 0 Å². The first-order valence-corrected chi connectivity index (χ1v) is 10.7. The first-order valence-electron chi connectivity index (χ1n) is 9.34. The second-order valence-electron chi connectivity index (χ2n) is 7.04. The zero-order chi connectivity index (χ0) is 20.9. The van der Waals surface area contributed by atoms with Gasteiger partial charge in [-0.3, -0.25) is 0 Å². The van der Waals surface area contributed by atoms with Crippen molar-refractivity contribution in [3.63, 3.8) is 0 Å². The fourth-order valence-electron chi connectivity index (χ4n) is 3.33. The lowest BCUT2D eigenvalue weighted by Gasteiger charge is -2.24.